The molecule has 5 aliphatic rings. The van der Waals surface area contributed by atoms with Gasteiger partial charge in [0, 0.05) is 5.56 Å². The molecule has 25 heavy (non-hydrogen) atoms. The average Bonchev–Trinajstić information content (AvgIpc) is 2.57. The first-order valence-corrected chi connectivity index (χ1v) is 9.90. The molecule has 0 spiro atoms. The van der Waals surface area contributed by atoms with Crippen molar-refractivity contribution in [3.8, 4) is 0 Å². The zero-order valence-corrected chi connectivity index (χ0v) is 15.1. The number of carbonyl (C=O) groups excluding carboxylic acids is 2. The van der Waals surface area contributed by atoms with Gasteiger partial charge in [-0.05, 0) is 74.7 Å². The lowest BCUT2D eigenvalue weighted by Gasteiger charge is -2.56. The monoisotopic (exact) mass is 358 g/mol. The van der Waals surface area contributed by atoms with Gasteiger partial charge in [-0.2, -0.15) is 0 Å². The van der Waals surface area contributed by atoms with Gasteiger partial charge in [0.2, 0.25) is 4.87 Å². The summed E-state index contributed by atoms with van der Waals surface area (Å²) in [6, 6.07) is 7.45. The van der Waals surface area contributed by atoms with Crippen molar-refractivity contribution in [2.24, 2.45) is 17.8 Å². The van der Waals surface area contributed by atoms with Crippen LogP contribution in [-0.2, 0) is 16.0 Å². The first-order valence-electron chi connectivity index (χ1n) is 9.52. The molecule has 1 aromatic rings. The zero-order chi connectivity index (χ0) is 17.2. The largest absolute Gasteiger partial charge is 0.457 e. The van der Waals surface area contributed by atoms with E-state index in [1.165, 1.54) is 19.3 Å². The number of fused-ring (bicyclic) bond motifs is 1. The standard InChI is InChI=1S/C21H23ClO3/c22-21(6-5-16-3-1-2-4-17(16)18(21)23)19(24)25-20-10-13-7-14(11-20)9-15(8-13)12-20/h1-4,13-15H,5-12H2/t13?,14?,15?,20?,21-/m1/s1. The van der Waals surface area contributed by atoms with Gasteiger partial charge in [0.05, 0.1) is 0 Å². The van der Waals surface area contributed by atoms with E-state index in [1.807, 2.05) is 18.2 Å². The fourth-order valence-corrected chi connectivity index (χ4v) is 6.46. The van der Waals surface area contributed by atoms with Gasteiger partial charge < -0.3 is 4.74 Å². The normalized spacial score (nSPS) is 41.5. The van der Waals surface area contributed by atoms with Crippen LogP contribution in [0, 0.1) is 17.8 Å². The topological polar surface area (TPSA) is 43.4 Å². The van der Waals surface area contributed by atoms with Crippen molar-refractivity contribution < 1.29 is 14.3 Å². The fraction of sp³-hybridized carbons (Fsp3) is 0.619. The molecule has 4 heteroatoms. The highest BCUT2D eigenvalue weighted by molar-refractivity contribution is 6.48. The summed E-state index contributed by atoms with van der Waals surface area (Å²) < 4.78 is 6.09. The number of alkyl halides is 1. The van der Waals surface area contributed by atoms with Gasteiger partial charge in [0.1, 0.15) is 5.60 Å². The summed E-state index contributed by atoms with van der Waals surface area (Å²) in [5, 5.41) is 0. The number of halogens is 1. The number of aryl methyl sites for hydroxylation is 1. The second kappa shape index (κ2) is 5.33. The Bertz CT molecular complexity index is 720. The lowest BCUT2D eigenvalue weighted by molar-refractivity contribution is -0.188. The van der Waals surface area contributed by atoms with Gasteiger partial charge in [-0.25, -0.2) is 4.79 Å². The average molecular weight is 359 g/mol. The Balaban J connectivity index is 1.41. The number of hydrogen-bond donors (Lipinski definition) is 0. The van der Waals surface area contributed by atoms with Crippen LogP contribution >= 0.6 is 11.6 Å². The van der Waals surface area contributed by atoms with Gasteiger partial charge in [0.25, 0.3) is 0 Å². The lowest BCUT2D eigenvalue weighted by Crippen LogP contribution is -2.56. The second-order valence-corrected chi connectivity index (χ2v) is 9.42. The molecule has 0 amide bonds. The van der Waals surface area contributed by atoms with E-state index in [2.05, 4.69) is 0 Å². The van der Waals surface area contributed by atoms with Crippen LogP contribution in [0.3, 0.4) is 0 Å². The van der Waals surface area contributed by atoms with E-state index in [-0.39, 0.29) is 11.4 Å². The van der Waals surface area contributed by atoms with Gasteiger partial charge in [-0.3, -0.25) is 4.79 Å². The quantitative estimate of drug-likeness (QED) is 0.449. The molecule has 4 saturated carbocycles. The van der Waals surface area contributed by atoms with Crippen LogP contribution in [0.25, 0.3) is 0 Å². The minimum atomic E-state index is -1.54. The Morgan fingerprint density at radius 1 is 1.04 bits per heavy atom. The Labute approximate surface area is 153 Å². The first kappa shape index (κ1) is 15.9. The maximum Gasteiger partial charge on any atom is 0.335 e. The molecule has 0 aliphatic heterocycles. The van der Waals surface area contributed by atoms with Crippen LogP contribution in [0.2, 0.25) is 0 Å². The Morgan fingerprint density at radius 2 is 1.64 bits per heavy atom. The molecule has 1 aromatic carbocycles. The first-order chi connectivity index (χ1) is 12.0. The third kappa shape index (κ3) is 2.38. The highest BCUT2D eigenvalue weighted by atomic mass is 35.5. The van der Waals surface area contributed by atoms with Crippen molar-refractivity contribution in [1.82, 2.24) is 0 Å². The number of esters is 1. The van der Waals surface area contributed by atoms with E-state index >= 15 is 0 Å². The van der Waals surface area contributed by atoms with E-state index < -0.39 is 10.8 Å². The third-order valence-electron chi connectivity index (χ3n) is 6.98. The molecule has 0 saturated heterocycles. The highest BCUT2D eigenvalue weighted by Gasteiger charge is 2.56. The van der Waals surface area contributed by atoms with Gasteiger partial charge in [-0.1, -0.05) is 35.9 Å². The van der Waals surface area contributed by atoms with Crippen LogP contribution in [0.5, 0.6) is 0 Å². The summed E-state index contributed by atoms with van der Waals surface area (Å²) in [5.74, 6) is 1.27. The SMILES string of the molecule is O=C(OC12CC3CC(CC(C3)C1)C2)[C@@]1(Cl)CCc2ccccc2C1=O. The summed E-state index contributed by atoms with van der Waals surface area (Å²) in [5.41, 5.74) is 1.20. The van der Waals surface area contributed by atoms with Gasteiger partial charge in [0.15, 0.2) is 5.78 Å². The predicted molar refractivity (Wildman–Crippen MR) is 94.7 cm³/mol. The van der Waals surface area contributed by atoms with Crippen molar-refractivity contribution >= 4 is 23.4 Å². The summed E-state index contributed by atoms with van der Waals surface area (Å²) in [4.78, 5) is 24.4. The van der Waals surface area contributed by atoms with Gasteiger partial charge in [-0.15, -0.1) is 0 Å². The van der Waals surface area contributed by atoms with Crippen LogP contribution in [0.15, 0.2) is 24.3 Å². The van der Waals surface area contributed by atoms with E-state index in [9.17, 15) is 9.59 Å². The molecule has 0 aromatic heterocycles. The number of hydrogen-bond acceptors (Lipinski definition) is 3. The molecular weight excluding hydrogens is 336 g/mol. The van der Waals surface area contributed by atoms with Gasteiger partial charge >= 0.3 is 5.97 Å². The van der Waals surface area contributed by atoms with E-state index in [4.69, 9.17) is 16.3 Å². The molecule has 6 rings (SSSR count). The number of carbonyl (C=O) groups is 2. The summed E-state index contributed by atoms with van der Waals surface area (Å²) in [7, 11) is 0. The number of ether oxygens (including phenoxy) is 1. The number of Topliss-reactive ketones (excluding diaryl/α,β-unsaturated/α-hetero) is 1. The number of rotatable bonds is 2. The van der Waals surface area contributed by atoms with E-state index in [1.54, 1.807) is 6.07 Å². The second-order valence-electron chi connectivity index (χ2n) is 8.78. The van der Waals surface area contributed by atoms with Crippen LogP contribution < -0.4 is 0 Å². The van der Waals surface area contributed by atoms with Crippen LogP contribution in [0.4, 0.5) is 0 Å². The minimum Gasteiger partial charge on any atom is -0.457 e. The molecule has 5 aliphatic carbocycles. The molecule has 0 N–H and O–H groups in total. The summed E-state index contributed by atoms with van der Waals surface area (Å²) in [6.07, 6.45) is 7.71. The van der Waals surface area contributed by atoms with Crippen LogP contribution in [-0.4, -0.2) is 22.2 Å². The maximum absolute atomic E-state index is 13.0. The Hall–Kier alpha value is -1.35. The fourth-order valence-electron chi connectivity index (χ4n) is 6.22. The van der Waals surface area contributed by atoms with Crippen molar-refractivity contribution in [2.45, 2.75) is 61.8 Å². The van der Waals surface area contributed by atoms with Crippen LogP contribution in [0.1, 0.15) is 60.9 Å². The molecule has 132 valence electrons. The predicted octanol–water partition coefficient (Wildman–Crippen LogP) is 4.31. The van der Waals surface area contributed by atoms with Crippen molar-refractivity contribution in [3.63, 3.8) is 0 Å². The van der Waals surface area contributed by atoms with Crippen molar-refractivity contribution in [1.29, 1.82) is 0 Å². The maximum atomic E-state index is 13.0. The summed E-state index contributed by atoms with van der Waals surface area (Å²) >= 11 is 6.62. The smallest absolute Gasteiger partial charge is 0.335 e. The van der Waals surface area contributed by atoms with Crippen molar-refractivity contribution in [3.05, 3.63) is 35.4 Å². The Kier molecular flexibility index (Phi) is 3.38. The lowest BCUT2D eigenvalue weighted by atomic mass is 9.54. The molecule has 1 atom stereocenters. The molecule has 0 unspecified atom stereocenters. The highest BCUT2D eigenvalue weighted by Crippen LogP contribution is 2.57. The molecule has 4 bridgehead atoms. The molecular formula is C21H23ClO3. The number of ketones is 1. The summed E-state index contributed by atoms with van der Waals surface area (Å²) in [6.45, 7) is 0. The zero-order valence-electron chi connectivity index (χ0n) is 14.3. The molecule has 4 fully saturated rings. The van der Waals surface area contributed by atoms with Crippen molar-refractivity contribution in [2.75, 3.05) is 0 Å². The molecule has 0 radical (unpaired) electrons. The van der Waals surface area contributed by atoms with E-state index in [0.717, 1.165) is 24.8 Å². The molecule has 3 nitrogen and oxygen atoms in total. The third-order valence-corrected chi connectivity index (χ3v) is 7.49. The van der Waals surface area contributed by atoms with E-state index in [0.29, 0.717) is 36.2 Å². The molecule has 0 heterocycles. The minimum absolute atomic E-state index is 0.286. The Morgan fingerprint density at radius 3 is 2.28 bits per heavy atom. The number of benzene rings is 1.